The summed E-state index contributed by atoms with van der Waals surface area (Å²) in [5, 5.41) is 0. The minimum absolute atomic E-state index is 0.0306. The Morgan fingerprint density at radius 2 is 1.70 bits per heavy atom. The van der Waals surface area contributed by atoms with Crippen LogP contribution in [0.15, 0.2) is 18.3 Å². The van der Waals surface area contributed by atoms with Crippen molar-refractivity contribution in [3.05, 3.63) is 29.6 Å². The number of rotatable bonds is 3. The molecule has 0 atom stereocenters. The summed E-state index contributed by atoms with van der Waals surface area (Å²) < 4.78 is 0. The van der Waals surface area contributed by atoms with Crippen molar-refractivity contribution in [2.45, 2.75) is 19.8 Å². The molecule has 0 aliphatic carbocycles. The first-order chi connectivity index (χ1) is 11.1. The Morgan fingerprint density at radius 1 is 1.00 bits per heavy atom. The number of pyridine rings is 1. The number of piperazine rings is 1. The Labute approximate surface area is 137 Å². The fraction of sp³-hybridized carbons (Fsp3) is 0.588. The van der Waals surface area contributed by atoms with E-state index in [-0.39, 0.29) is 11.8 Å². The van der Waals surface area contributed by atoms with Crippen LogP contribution < -0.4 is 0 Å². The van der Waals surface area contributed by atoms with Gasteiger partial charge in [0.25, 0.3) is 5.91 Å². The molecule has 3 heterocycles. The van der Waals surface area contributed by atoms with Crippen LogP contribution in [0.25, 0.3) is 0 Å². The van der Waals surface area contributed by atoms with E-state index in [9.17, 15) is 9.59 Å². The average molecular weight is 316 g/mol. The van der Waals surface area contributed by atoms with Crippen molar-refractivity contribution in [2.24, 2.45) is 0 Å². The molecule has 1 aromatic heterocycles. The zero-order valence-electron chi connectivity index (χ0n) is 13.7. The van der Waals surface area contributed by atoms with Crippen LogP contribution in [-0.2, 0) is 4.79 Å². The summed E-state index contributed by atoms with van der Waals surface area (Å²) in [4.78, 5) is 34.8. The minimum atomic E-state index is 0.0306. The maximum Gasteiger partial charge on any atom is 0.255 e. The normalized spacial score (nSPS) is 19.2. The highest BCUT2D eigenvalue weighted by Gasteiger charge is 2.25. The first kappa shape index (κ1) is 15.9. The van der Waals surface area contributed by atoms with Gasteiger partial charge in [-0.2, -0.15) is 0 Å². The van der Waals surface area contributed by atoms with Crippen LogP contribution in [-0.4, -0.2) is 77.3 Å². The lowest BCUT2D eigenvalue weighted by atomic mass is 10.2. The van der Waals surface area contributed by atoms with E-state index in [0.29, 0.717) is 25.2 Å². The Balaban J connectivity index is 1.49. The third-order valence-electron chi connectivity index (χ3n) is 4.64. The lowest BCUT2D eigenvalue weighted by Crippen LogP contribution is -2.51. The van der Waals surface area contributed by atoms with Crippen molar-refractivity contribution >= 4 is 11.8 Å². The van der Waals surface area contributed by atoms with Gasteiger partial charge in [0.05, 0.1) is 12.1 Å². The molecule has 2 amide bonds. The molecular formula is C17H24N4O2. The minimum Gasteiger partial charge on any atom is -0.342 e. The molecule has 124 valence electrons. The van der Waals surface area contributed by atoms with Crippen molar-refractivity contribution < 1.29 is 9.59 Å². The van der Waals surface area contributed by atoms with Crippen molar-refractivity contribution in [3.8, 4) is 0 Å². The van der Waals surface area contributed by atoms with Crippen molar-refractivity contribution in [3.63, 3.8) is 0 Å². The first-order valence-corrected chi connectivity index (χ1v) is 8.35. The van der Waals surface area contributed by atoms with E-state index in [4.69, 9.17) is 0 Å². The lowest BCUT2D eigenvalue weighted by Gasteiger charge is -2.35. The Hall–Kier alpha value is -1.95. The van der Waals surface area contributed by atoms with Crippen LogP contribution in [0.3, 0.4) is 0 Å². The number of likely N-dealkylation sites (tertiary alicyclic amines) is 1. The molecule has 2 fully saturated rings. The number of amides is 2. The maximum atomic E-state index is 12.4. The molecule has 0 bridgehead atoms. The number of aryl methyl sites for hydroxylation is 1. The lowest BCUT2D eigenvalue weighted by molar-refractivity contribution is -0.131. The second-order valence-electron chi connectivity index (χ2n) is 6.34. The van der Waals surface area contributed by atoms with Crippen LogP contribution in [0, 0.1) is 6.92 Å². The molecule has 0 aromatic carbocycles. The van der Waals surface area contributed by atoms with Crippen LogP contribution in [0.2, 0.25) is 0 Å². The molecule has 0 unspecified atom stereocenters. The van der Waals surface area contributed by atoms with Gasteiger partial charge in [-0.25, -0.2) is 0 Å². The predicted molar refractivity (Wildman–Crippen MR) is 87.1 cm³/mol. The van der Waals surface area contributed by atoms with Gasteiger partial charge >= 0.3 is 0 Å². The van der Waals surface area contributed by atoms with Gasteiger partial charge in [-0.3, -0.25) is 19.5 Å². The number of aromatic nitrogens is 1. The molecular weight excluding hydrogens is 292 g/mol. The maximum absolute atomic E-state index is 12.4. The van der Waals surface area contributed by atoms with Crippen LogP contribution in [0.1, 0.15) is 28.9 Å². The average Bonchev–Trinajstić information content (AvgIpc) is 3.10. The molecule has 1 aromatic rings. The number of hydrogen-bond acceptors (Lipinski definition) is 4. The summed E-state index contributed by atoms with van der Waals surface area (Å²) in [7, 11) is 0. The van der Waals surface area contributed by atoms with E-state index in [2.05, 4.69) is 9.88 Å². The highest BCUT2D eigenvalue weighted by atomic mass is 16.2. The molecule has 6 nitrogen and oxygen atoms in total. The van der Waals surface area contributed by atoms with E-state index in [0.717, 1.165) is 44.7 Å². The van der Waals surface area contributed by atoms with Gasteiger partial charge in [-0.05, 0) is 31.9 Å². The van der Waals surface area contributed by atoms with Crippen molar-refractivity contribution in [2.75, 3.05) is 45.8 Å². The zero-order valence-corrected chi connectivity index (χ0v) is 13.7. The molecule has 0 spiro atoms. The highest BCUT2D eigenvalue weighted by Crippen LogP contribution is 2.11. The summed E-state index contributed by atoms with van der Waals surface area (Å²) in [5.74, 6) is 0.257. The monoisotopic (exact) mass is 316 g/mol. The topological polar surface area (TPSA) is 56.8 Å². The Bertz CT molecular complexity index is 558. The number of nitrogens with zero attached hydrogens (tertiary/aromatic N) is 4. The van der Waals surface area contributed by atoms with Gasteiger partial charge < -0.3 is 9.80 Å². The highest BCUT2D eigenvalue weighted by molar-refractivity contribution is 5.94. The van der Waals surface area contributed by atoms with Gasteiger partial charge in [0.15, 0.2) is 0 Å². The van der Waals surface area contributed by atoms with Gasteiger partial charge in [-0.15, -0.1) is 0 Å². The number of carbonyl (C=O) groups excluding carboxylic acids is 2. The smallest absolute Gasteiger partial charge is 0.255 e. The fourth-order valence-electron chi connectivity index (χ4n) is 3.14. The third kappa shape index (κ3) is 3.88. The second-order valence-corrected chi connectivity index (χ2v) is 6.34. The van der Waals surface area contributed by atoms with E-state index >= 15 is 0 Å². The third-order valence-corrected chi connectivity index (χ3v) is 4.64. The summed E-state index contributed by atoms with van der Waals surface area (Å²) >= 11 is 0. The Kier molecular flexibility index (Phi) is 4.91. The Morgan fingerprint density at radius 3 is 2.30 bits per heavy atom. The first-order valence-electron chi connectivity index (χ1n) is 8.35. The van der Waals surface area contributed by atoms with Crippen LogP contribution in [0.4, 0.5) is 0 Å². The van der Waals surface area contributed by atoms with E-state index in [1.165, 1.54) is 0 Å². The molecule has 2 aliphatic heterocycles. The van der Waals surface area contributed by atoms with Crippen LogP contribution in [0.5, 0.6) is 0 Å². The van der Waals surface area contributed by atoms with Gasteiger partial charge in [0, 0.05) is 51.2 Å². The summed E-state index contributed by atoms with van der Waals surface area (Å²) in [6, 6.07) is 3.69. The molecule has 0 N–H and O–H groups in total. The molecule has 0 saturated carbocycles. The van der Waals surface area contributed by atoms with Gasteiger partial charge in [-0.1, -0.05) is 0 Å². The number of hydrogen-bond donors (Lipinski definition) is 0. The second kappa shape index (κ2) is 7.08. The largest absolute Gasteiger partial charge is 0.342 e. The SMILES string of the molecule is Cc1ccc(C(=O)N2CCN(CC(=O)N3CCCC3)CC2)cn1. The summed E-state index contributed by atoms with van der Waals surface area (Å²) in [5.41, 5.74) is 1.55. The molecule has 6 heteroatoms. The van der Waals surface area contributed by atoms with E-state index in [1.807, 2.05) is 28.9 Å². The van der Waals surface area contributed by atoms with Gasteiger partial charge in [0.2, 0.25) is 5.91 Å². The van der Waals surface area contributed by atoms with Crippen LogP contribution >= 0.6 is 0 Å². The molecule has 2 aliphatic rings. The van der Waals surface area contributed by atoms with E-state index in [1.54, 1.807) is 6.20 Å². The van der Waals surface area contributed by atoms with E-state index < -0.39 is 0 Å². The van der Waals surface area contributed by atoms with Gasteiger partial charge in [0.1, 0.15) is 0 Å². The zero-order chi connectivity index (χ0) is 16.2. The molecule has 3 rings (SSSR count). The quantitative estimate of drug-likeness (QED) is 0.826. The molecule has 0 radical (unpaired) electrons. The summed E-state index contributed by atoms with van der Waals surface area (Å²) in [6.45, 7) is 7.03. The standard InChI is InChI=1S/C17H24N4O2/c1-14-4-5-15(12-18-14)17(23)21-10-8-19(9-11-21)13-16(22)20-6-2-3-7-20/h4-5,12H,2-3,6-11,13H2,1H3. The summed E-state index contributed by atoms with van der Waals surface area (Å²) in [6.07, 6.45) is 3.89. The van der Waals surface area contributed by atoms with Crippen molar-refractivity contribution in [1.29, 1.82) is 0 Å². The number of carbonyl (C=O) groups is 2. The molecule has 2 saturated heterocycles. The predicted octanol–water partition coefficient (Wildman–Crippen LogP) is 0.770. The fourth-order valence-corrected chi connectivity index (χ4v) is 3.14. The molecule has 23 heavy (non-hydrogen) atoms. The van der Waals surface area contributed by atoms with Crippen molar-refractivity contribution in [1.82, 2.24) is 19.7 Å².